The summed E-state index contributed by atoms with van der Waals surface area (Å²) in [6, 6.07) is 5.69. The molecule has 5 nitrogen and oxygen atoms in total. The number of aromatic nitrogens is 2. The molecule has 0 bridgehead atoms. The number of nitrogens with zero attached hydrogens (tertiary/aromatic N) is 2. The molecule has 0 radical (unpaired) electrons. The number of ether oxygens (including phenoxy) is 1. The third kappa shape index (κ3) is 3.82. The second-order valence-corrected chi connectivity index (χ2v) is 7.17. The van der Waals surface area contributed by atoms with Crippen molar-refractivity contribution < 1.29 is 9.53 Å². The quantitative estimate of drug-likeness (QED) is 0.897. The topological polar surface area (TPSA) is 56.1 Å². The summed E-state index contributed by atoms with van der Waals surface area (Å²) in [6.45, 7) is 2.06. The molecule has 7 heteroatoms. The highest BCUT2D eigenvalue weighted by Crippen LogP contribution is 2.31. The Morgan fingerprint density at radius 1 is 1.48 bits per heavy atom. The first-order chi connectivity index (χ1) is 11.2. The van der Waals surface area contributed by atoms with Gasteiger partial charge in [-0.1, -0.05) is 29.8 Å². The van der Waals surface area contributed by atoms with Crippen molar-refractivity contribution in [1.82, 2.24) is 14.9 Å². The van der Waals surface area contributed by atoms with Crippen LogP contribution in [0.5, 0.6) is 0 Å². The molecule has 2 aromatic rings. The van der Waals surface area contributed by atoms with Gasteiger partial charge in [0.2, 0.25) is 5.91 Å². The molecule has 1 aliphatic heterocycles. The number of halogens is 1. The van der Waals surface area contributed by atoms with Gasteiger partial charge in [0.15, 0.2) is 5.16 Å². The van der Waals surface area contributed by atoms with E-state index < -0.39 is 0 Å². The molecule has 1 aromatic carbocycles. The van der Waals surface area contributed by atoms with Crippen molar-refractivity contribution in [3.05, 3.63) is 23.2 Å². The van der Waals surface area contributed by atoms with Gasteiger partial charge < -0.3 is 14.6 Å². The van der Waals surface area contributed by atoms with Gasteiger partial charge in [0.1, 0.15) is 0 Å². The predicted octanol–water partition coefficient (Wildman–Crippen LogP) is 3.10. The highest BCUT2D eigenvalue weighted by atomic mass is 35.5. The minimum absolute atomic E-state index is 0.0916. The molecule has 0 saturated carbocycles. The molecule has 0 aliphatic carbocycles. The monoisotopic (exact) mass is 353 g/mol. The van der Waals surface area contributed by atoms with Crippen molar-refractivity contribution in [3.63, 3.8) is 0 Å². The van der Waals surface area contributed by atoms with Crippen LogP contribution in [0.4, 0.5) is 0 Å². The Hall–Kier alpha value is -1.24. The van der Waals surface area contributed by atoms with E-state index in [1.165, 1.54) is 11.8 Å². The number of carbonyl (C=O) groups is 1. The molecule has 1 atom stereocenters. The maximum atomic E-state index is 12.2. The molecule has 2 heterocycles. The summed E-state index contributed by atoms with van der Waals surface area (Å²) in [7, 11) is 1.68. The lowest BCUT2D eigenvalue weighted by molar-refractivity contribution is -0.120. The number of rotatable bonds is 5. The lowest BCUT2D eigenvalue weighted by Crippen LogP contribution is -2.30. The summed E-state index contributed by atoms with van der Waals surface area (Å²) in [6.07, 6.45) is 2.98. The fourth-order valence-corrected chi connectivity index (χ4v) is 4.08. The molecule has 1 fully saturated rings. The van der Waals surface area contributed by atoms with Crippen molar-refractivity contribution in [3.8, 4) is 0 Å². The summed E-state index contributed by atoms with van der Waals surface area (Å²) in [5.74, 6) is 0.107. The molecule has 23 heavy (non-hydrogen) atoms. The van der Waals surface area contributed by atoms with Crippen molar-refractivity contribution in [1.29, 1.82) is 0 Å². The third-order valence-corrected chi connectivity index (χ3v) is 5.42. The Bertz CT molecular complexity index is 704. The van der Waals surface area contributed by atoms with Crippen LogP contribution < -0.4 is 5.32 Å². The number of benzene rings is 1. The van der Waals surface area contributed by atoms with Crippen molar-refractivity contribution in [2.75, 3.05) is 20.3 Å². The van der Waals surface area contributed by atoms with Crippen molar-refractivity contribution in [2.45, 2.75) is 36.2 Å². The number of hydrogen-bond acceptors (Lipinski definition) is 4. The number of methoxy groups -OCH3 is 1. The summed E-state index contributed by atoms with van der Waals surface area (Å²) in [5.41, 5.74) is 1.87. The molecule has 1 amide bonds. The highest BCUT2D eigenvalue weighted by molar-refractivity contribution is 8.00. The predicted molar refractivity (Wildman–Crippen MR) is 93.1 cm³/mol. The van der Waals surface area contributed by atoms with Gasteiger partial charge in [0, 0.05) is 25.2 Å². The molecule has 1 aromatic heterocycles. The molecular weight excluding hydrogens is 334 g/mol. The van der Waals surface area contributed by atoms with E-state index >= 15 is 0 Å². The maximum Gasteiger partial charge on any atom is 0.233 e. The van der Waals surface area contributed by atoms with Crippen LogP contribution in [-0.2, 0) is 16.1 Å². The zero-order valence-electron chi connectivity index (χ0n) is 13.0. The lowest BCUT2D eigenvalue weighted by atomic mass is 10.2. The van der Waals surface area contributed by atoms with E-state index in [-0.39, 0.29) is 11.2 Å². The van der Waals surface area contributed by atoms with E-state index in [1.807, 2.05) is 18.2 Å². The van der Waals surface area contributed by atoms with Crippen LogP contribution in [-0.4, -0.2) is 41.0 Å². The van der Waals surface area contributed by atoms with Gasteiger partial charge in [0.25, 0.3) is 0 Å². The molecule has 0 spiro atoms. The van der Waals surface area contributed by atoms with Crippen LogP contribution in [0, 0.1) is 0 Å². The maximum absolute atomic E-state index is 12.2. The number of thioether (sulfide) groups is 1. The van der Waals surface area contributed by atoms with E-state index in [4.69, 9.17) is 21.3 Å². The van der Waals surface area contributed by atoms with Crippen LogP contribution in [0.3, 0.4) is 0 Å². The highest BCUT2D eigenvalue weighted by Gasteiger charge is 2.24. The SMILES string of the molecule is COCCn1c(S[C@H]2CCCCNC2=O)nc2cc(Cl)ccc21. The number of amides is 1. The molecule has 1 N–H and O–H groups in total. The van der Waals surface area contributed by atoms with Crippen LogP contribution in [0.2, 0.25) is 5.02 Å². The summed E-state index contributed by atoms with van der Waals surface area (Å²) < 4.78 is 7.32. The minimum atomic E-state index is -0.0916. The van der Waals surface area contributed by atoms with Crippen LogP contribution in [0.15, 0.2) is 23.4 Å². The number of nitrogens with one attached hydrogen (secondary N) is 1. The number of hydrogen-bond donors (Lipinski definition) is 1. The van der Waals surface area contributed by atoms with Gasteiger partial charge in [-0.15, -0.1) is 0 Å². The molecule has 3 rings (SSSR count). The van der Waals surface area contributed by atoms with E-state index in [0.29, 0.717) is 18.2 Å². The van der Waals surface area contributed by atoms with Crippen LogP contribution in [0.1, 0.15) is 19.3 Å². The average Bonchev–Trinajstić information content (AvgIpc) is 2.73. The van der Waals surface area contributed by atoms with Gasteiger partial charge >= 0.3 is 0 Å². The fraction of sp³-hybridized carbons (Fsp3) is 0.500. The molecule has 1 saturated heterocycles. The molecular formula is C16H20ClN3O2S. The zero-order chi connectivity index (χ0) is 16.2. The first kappa shape index (κ1) is 16.6. The molecule has 1 aliphatic rings. The largest absolute Gasteiger partial charge is 0.383 e. The van der Waals surface area contributed by atoms with Gasteiger partial charge in [0.05, 0.1) is 22.9 Å². The van der Waals surface area contributed by atoms with Gasteiger partial charge in [-0.05, 0) is 31.0 Å². The Balaban J connectivity index is 1.92. The van der Waals surface area contributed by atoms with E-state index in [2.05, 4.69) is 9.88 Å². The fourth-order valence-electron chi connectivity index (χ4n) is 2.72. The second-order valence-electron chi connectivity index (χ2n) is 5.57. The van der Waals surface area contributed by atoms with Gasteiger partial charge in [-0.2, -0.15) is 0 Å². The zero-order valence-corrected chi connectivity index (χ0v) is 14.6. The number of carbonyl (C=O) groups excluding carboxylic acids is 1. The van der Waals surface area contributed by atoms with E-state index in [0.717, 1.165) is 42.0 Å². The Morgan fingerprint density at radius 3 is 3.17 bits per heavy atom. The Kier molecular flexibility index (Phi) is 5.46. The standard InChI is InChI=1S/C16H20ClN3O2S/c1-22-9-8-20-13-6-5-11(17)10-12(13)19-16(20)23-14-4-2-3-7-18-15(14)21/h5-6,10,14H,2-4,7-9H2,1H3,(H,18,21)/t14-/m0/s1. The van der Waals surface area contributed by atoms with Crippen molar-refractivity contribution >= 4 is 40.3 Å². The summed E-state index contributed by atoms with van der Waals surface area (Å²) in [4.78, 5) is 16.9. The normalized spacial score (nSPS) is 18.9. The minimum Gasteiger partial charge on any atom is -0.383 e. The average molecular weight is 354 g/mol. The number of imidazole rings is 1. The van der Waals surface area contributed by atoms with Crippen LogP contribution in [0.25, 0.3) is 11.0 Å². The van der Waals surface area contributed by atoms with Gasteiger partial charge in [-0.3, -0.25) is 4.79 Å². The second kappa shape index (κ2) is 7.55. The smallest absolute Gasteiger partial charge is 0.233 e. The summed E-state index contributed by atoms with van der Waals surface area (Å²) >= 11 is 7.61. The first-order valence-corrected chi connectivity index (χ1v) is 9.04. The number of fused-ring (bicyclic) bond motifs is 1. The van der Waals surface area contributed by atoms with E-state index in [1.54, 1.807) is 7.11 Å². The third-order valence-electron chi connectivity index (χ3n) is 3.93. The van der Waals surface area contributed by atoms with Crippen molar-refractivity contribution in [2.24, 2.45) is 0 Å². The van der Waals surface area contributed by atoms with Gasteiger partial charge in [-0.25, -0.2) is 4.98 Å². The molecule has 0 unspecified atom stereocenters. The lowest BCUT2D eigenvalue weighted by Gasteiger charge is -2.14. The first-order valence-electron chi connectivity index (χ1n) is 7.78. The van der Waals surface area contributed by atoms with E-state index in [9.17, 15) is 4.79 Å². The van der Waals surface area contributed by atoms with Crippen LogP contribution >= 0.6 is 23.4 Å². The summed E-state index contributed by atoms with van der Waals surface area (Å²) in [5, 5.41) is 4.40. The Labute approximate surface area is 144 Å². The molecule has 124 valence electrons. The Morgan fingerprint density at radius 2 is 2.35 bits per heavy atom.